The number of nitrogens with one attached hydrogen (secondary N) is 1. The van der Waals surface area contributed by atoms with E-state index in [9.17, 15) is 8.42 Å². The molecule has 0 aliphatic heterocycles. The molecule has 1 fully saturated rings. The lowest BCUT2D eigenvalue weighted by Gasteiger charge is -2.16. The Hall–Kier alpha value is -0.920. The summed E-state index contributed by atoms with van der Waals surface area (Å²) in [5.74, 6) is 0. The minimum atomic E-state index is -3.41. The van der Waals surface area contributed by atoms with Crippen LogP contribution in [0.3, 0.4) is 0 Å². The predicted octanol–water partition coefficient (Wildman–Crippen LogP) is 0.502. The molecule has 0 aromatic carbocycles. The average Bonchev–Trinajstić information content (AvgIpc) is 3.13. The molecule has 1 aliphatic rings. The van der Waals surface area contributed by atoms with Gasteiger partial charge in [-0.2, -0.15) is 9.40 Å². The maximum Gasteiger partial charge on any atom is 0.246 e. The fourth-order valence-corrected chi connectivity index (χ4v) is 4.05. The van der Waals surface area contributed by atoms with Gasteiger partial charge in [-0.3, -0.25) is 4.68 Å². The van der Waals surface area contributed by atoms with E-state index in [2.05, 4.69) is 10.4 Å². The van der Waals surface area contributed by atoms with Crippen molar-refractivity contribution >= 4 is 10.0 Å². The van der Waals surface area contributed by atoms with Crippen LogP contribution in [0.2, 0.25) is 0 Å². The molecule has 19 heavy (non-hydrogen) atoms. The summed E-state index contributed by atoms with van der Waals surface area (Å²) in [7, 11) is 0.117. The zero-order valence-corrected chi connectivity index (χ0v) is 12.8. The highest BCUT2D eigenvalue weighted by atomic mass is 32.2. The van der Waals surface area contributed by atoms with Crippen molar-refractivity contribution in [3.8, 4) is 0 Å². The summed E-state index contributed by atoms with van der Waals surface area (Å²) in [6, 6.07) is 0.171. The van der Waals surface area contributed by atoms with Gasteiger partial charge in [-0.1, -0.05) is 0 Å². The van der Waals surface area contributed by atoms with Crippen LogP contribution in [0.25, 0.3) is 0 Å². The van der Waals surface area contributed by atoms with Gasteiger partial charge < -0.3 is 5.32 Å². The van der Waals surface area contributed by atoms with Crippen LogP contribution in [0, 0.1) is 13.8 Å². The van der Waals surface area contributed by atoms with Crippen molar-refractivity contribution in [1.82, 2.24) is 19.4 Å². The molecule has 7 heteroatoms. The van der Waals surface area contributed by atoms with Gasteiger partial charge >= 0.3 is 0 Å². The number of nitrogens with zero attached hydrogens (tertiary/aromatic N) is 3. The zero-order valence-electron chi connectivity index (χ0n) is 12.0. The molecule has 108 valence electrons. The fourth-order valence-electron chi connectivity index (χ4n) is 2.27. The zero-order chi connectivity index (χ0) is 14.2. The Balaban J connectivity index is 2.36. The SMILES string of the molecule is CNCCn1nc(C)c(S(=O)(=O)N(C)C2CC2)c1C. The first-order valence-corrected chi connectivity index (χ1v) is 8.00. The topological polar surface area (TPSA) is 67.2 Å². The molecule has 0 amide bonds. The Morgan fingerprint density at radius 2 is 2.05 bits per heavy atom. The summed E-state index contributed by atoms with van der Waals surface area (Å²) in [5, 5.41) is 7.39. The monoisotopic (exact) mass is 286 g/mol. The average molecular weight is 286 g/mol. The van der Waals surface area contributed by atoms with Crippen LogP contribution in [0.4, 0.5) is 0 Å². The lowest BCUT2D eigenvalue weighted by atomic mass is 10.4. The molecule has 1 saturated carbocycles. The minimum Gasteiger partial charge on any atom is -0.318 e. The van der Waals surface area contributed by atoms with Crippen LogP contribution in [0.1, 0.15) is 24.2 Å². The summed E-state index contributed by atoms with van der Waals surface area (Å²) in [6.45, 7) is 5.02. The highest BCUT2D eigenvalue weighted by Crippen LogP contribution is 2.32. The number of aromatic nitrogens is 2. The first-order chi connectivity index (χ1) is 8.89. The van der Waals surface area contributed by atoms with Gasteiger partial charge in [-0.05, 0) is 33.7 Å². The van der Waals surface area contributed by atoms with Crippen LogP contribution in [0.5, 0.6) is 0 Å². The summed E-state index contributed by atoms with van der Waals surface area (Å²) >= 11 is 0. The van der Waals surface area contributed by atoms with Gasteiger partial charge in [0.05, 0.1) is 17.9 Å². The van der Waals surface area contributed by atoms with Gasteiger partial charge in [0.15, 0.2) is 0 Å². The number of hydrogen-bond acceptors (Lipinski definition) is 4. The van der Waals surface area contributed by atoms with E-state index in [1.165, 1.54) is 4.31 Å². The largest absolute Gasteiger partial charge is 0.318 e. The maximum atomic E-state index is 12.6. The van der Waals surface area contributed by atoms with E-state index in [0.29, 0.717) is 17.1 Å². The molecule has 0 spiro atoms. The lowest BCUT2D eigenvalue weighted by molar-refractivity contribution is 0.463. The first kappa shape index (κ1) is 14.5. The van der Waals surface area contributed by atoms with Crippen molar-refractivity contribution in [3.63, 3.8) is 0 Å². The molecular formula is C12H22N4O2S. The van der Waals surface area contributed by atoms with Gasteiger partial charge in [0.25, 0.3) is 0 Å². The number of aryl methyl sites for hydroxylation is 1. The molecule has 1 aromatic rings. The third kappa shape index (κ3) is 2.68. The van der Waals surface area contributed by atoms with Crippen LogP contribution in [-0.4, -0.2) is 49.2 Å². The molecule has 0 radical (unpaired) electrons. The Morgan fingerprint density at radius 1 is 1.42 bits per heavy atom. The van der Waals surface area contributed by atoms with Crippen LogP contribution < -0.4 is 5.32 Å². The highest BCUT2D eigenvalue weighted by molar-refractivity contribution is 7.89. The molecule has 0 atom stereocenters. The number of rotatable bonds is 6. The van der Waals surface area contributed by atoms with E-state index in [4.69, 9.17) is 0 Å². The molecule has 1 aromatic heterocycles. The summed E-state index contributed by atoms with van der Waals surface area (Å²) in [6.07, 6.45) is 1.92. The third-order valence-electron chi connectivity index (χ3n) is 3.59. The van der Waals surface area contributed by atoms with E-state index in [1.807, 2.05) is 14.0 Å². The quantitative estimate of drug-likeness (QED) is 0.827. The van der Waals surface area contributed by atoms with Crippen molar-refractivity contribution in [1.29, 1.82) is 0 Å². The maximum absolute atomic E-state index is 12.6. The second-order valence-corrected chi connectivity index (χ2v) is 7.01. The number of sulfonamides is 1. The predicted molar refractivity (Wildman–Crippen MR) is 73.6 cm³/mol. The number of likely N-dealkylation sites (N-methyl/N-ethyl adjacent to an activating group) is 1. The van der Waals surface area contributed by atoms with E-state index in [1.54, 1.807) is 18.7 Å². The van der Waals surface area contributed by atoms with Crippen LogP contribution in [0.15, 0.2) is 4.90 Å². The standard InChI is InChI=1S/C12H22N4O2S/c1-9-12(10(2)16(14-9)8-7-13-3)19(17,18)15(4)11-5-6-11/h11,13H,5-8H2,1-4H3. The molecule has 2 rings (SSSR count). The van der Waals surface area contributed by atoms with E-state index in [0.717, 1.165) is 25.1 Å². The van der Waals surface area contributed by atoms with Crippen molar-refractivity contribution in [2.75, 3.05) is 20.6 Å². The Bertz CT molecular complexity index is 561. The fraction of sp³-hybridized carbons (Fsp3) is 0.750. The van der Waals surface area contributed by atoms with E-state index in [-0.39, 0.29) is 6.04 Å². The molecule has 0 bridgehead atoms. The molecule has 6 nitrogen and oxygen atoms in total. The minimum absolute atomic E-state index is 0.171. The smallest absolute Gasteiger partial charge is 0.246 e. The molecule has 1 N–H and O–H groups in total. The van der Waals surface area contributed by atoms with Gasteiger partial charge in [0.2, 0.25) is 10.0 Å². The van der Waals surface area contributed by atoms with Gasteiger partial charge in [-0.25, -0.2) is 8.42 Å². The molecule has 1 heterocycles. The van der Waals surface area contributed by atoms with Crippen molar-refractivity contribution < 1.29 is 8.42 Å². The highest BCUT2D eigenvalue weighted by Gasteiger charge is 2.37. The van der Waals surface area contributed by atoms with Crippen LogP contribution >= 0.6 is 0 Å². The van der Waals surface area contributed by atoms with Gasteiger partial charge in [-0.15, -0.1) is 0 Å². The lowest BCUT2D eigenvalue weighted by Crippen LogP contribution is -2.29. The van der Waals surface area contributed by atoms with Gasteiger partial charge in [0.1, 0.15) is 4.90 Å². The van der Waals surface area contributed by atoms with E-state index >= 15 is 0 Å². The Labute approximate surface area is 114 Å². The molecule has 0 unspecified atom stereocenters. The Kier molecular flexibility index (Phi) is 3.98. The summed E-state index contributed by atoms with van der Waals surface area (Å²) in [4.78, 5) is 0.373. The Morgan fingerprint density at radius 3 is 2.58 bits per heavy atom. The third-order valence-corrected chi connectivity index (χ3v) is 5.75. The summed E-state index contributed by atoms with van der Waals surface area (Å²) in [5.41, 5.74) is 1.31. The van der Waals surface area contributed by atoms with E-state index < -0.39 is 10.0 Å². The van der Waals surface area contributed by atoms with Crippen molar-refractivity contribution in [2.45, 2.75) is 44.2 Å². The molecule has 0 saturated heterocycles. The first-order valence-electron chi connectivity index (χ1n) is 6.56. The van der Waals surface area contributed by atoms with Crippen molar-refractivity contribution in [3.05, 3.63) is 11.4 Å². The summed E-state index contributed by atoms with van der Waals surface area (Å²) < 4.78 is 28.5. The van der Waals surface area contributed by atoms with Crippen LogP contribution in [-0.2, 0) is 16.6 Å². The second kappa shape index (κ2) is 5.22. The second-order valence-electron chi connectivity index (χ2n) is 5.08. The molecule has 1 aliphatic carbocycles. The normalized spacial score (nSPS) is 16.3. The van der Waals surface area contributed by atoms with Gasteiger partial charge in [0, 0.05) is 19.6 Å². The molecular weight excluding hydrogens is 264 g/mol. The number of hydrogen-bond donors (Lipinski definition) is 1. The van der Waals surface area contributed by atoms with Crippen molar-refractivity contribution in [2.24, 2.45) is 0 Å².